The number of benzene rings is 1. The Bertz CT molecular complexity index is 672. The number of methoxy groups -OCH3 is 1. The van der Waals surface area contributed by atoms with Gasteiger partial charge < -0.3 is 15.4 Å². The van der Waals surface area contributed by atoms with E-state index in [1.54, 1.807) is 41.3 Å². The first-order chi connectivity index (χ1) is 11.1. The molecule has 0 bridgehead atoms. The maximum absolute atomic E-state index is 12.1. The molecule has 2 N–H and O–H groups in total. The second-order valence-corrected chi connectivity index (χ2v) is 6.73. The van der Waals surface area contributed by atoms with Crippen molar-refractivity contribution in [2.45, 2.75) is 12.7 Å². The topological polar surface area (TPSA) is 67.4 Å². The minimum atomic E-state index is -0.168. The first-order valence-electron chi connectivity index (χ1n) is 6.94. The Morgan fingerprint density at radius 2 is 2.09 bits per heavy atom. The fourth-order valence-corrected chi connectivity index (χ4v) is 3.58. The van der Waals surface area contributed by atoms with E-state index in [9.17, 15) is 9.59 Å². The molecule has 23 heavy (non-hydrogen) atoms. The third-order valence-corrected chi connectivity index (χ3v) is 4.89. The van der Waals surface area contributed by atoms with Crippen LogP contribution in [-0.4, -0.2) is 24.7 Å². The molecule has 0 aliphatic rings. The van der Waals surface area contributed by atoms with Crippen molar-refractivity contribution in [2.75, 3.05) is 23.5 Å². The molecule has 2 aromatic rings. The summed E-state index contributed by atoms with van der Waals surface area (Å²) in [5.41, 5.74) is 1.15. The van der Waals surface area contributed by atoms with E-state index >= 15 is 0 Å². The molecule has 1 aromatic carbocycles. The van der Waals surface area contributed by atoms with Gasteiger partial charge in [0.1, 0.15) is 5.75 Å². The monoisotopic (exact) mass is 350 g/mol. The van der Waals surface area contributed by atoms with Crippen LogP contribution >= 0.6 is 23.1 Å². The summed E-state index contributed by atoms with van der Waals surface area (Å²) < 4.78 is 5.24. The van der Waals surface area contributed by atoms with Crippen LogP contribution in [0.25, 0.3) is 0 Å². The smallest absolute Gasteiger partial charge is 0.234 e. The number of amides is 2. The number of rotatable bonds is 7. The summed E-state index contributed by atoms with van der Waals surface area (Å²) in [5, 5.41) is 7.53. The molecule has 2 rings (SSSR count). The summed E-state index contributed by atoms with van der Waals surface area (Å²) in [6.45, 7) is 1.43. The van der Waals surface area contributed by atoms with Gasteiger partial charge in [0.05, 0.1) is 18.6 Å². The number of ether oxygens (including phenoxy) is 1. The molecule has 7 heteroatoms. The molecule has 0 saturated carbocycles. The molecule has 0 unspecified atom stereocenters. The van der Waals surface area contributed by atoms with E-state index in [1.807, 2.05) is 11.4 Å². The number of carbonyl (C=O) groups excluding carboxylic acids is 2. The second kappa shape index (κ2) is 8.59. The highest BCUT2D eigenvalue weighted by atomic mass is 32.2. The van der Waals surface area contributed by atoms with Crippen LogP contribution in [0.5, 0.6) is 5.75 Å². The fraction of sp³-hybridized carbons (Fsp3) is 0.250. The van der Waals surface area contributed by atoms with Gasteiger partial charge in [-0.25, -0.2) is 0 Å². The number of nitrogens with one attached hydrogen (secondary N) is 2. The Morgan fingerprint density at radius 3 is 2.74 bits per heavy atom. The second-order valence-electron chi connectivity index (χ2n) is 4.72. The van der Waals surface area contributed by atoms with Crippen molar-refractivity contribution >= 4 is 46.3 Å². The van der Waals surface area contributed by atoms with Gasteiger partial charge in [-0.15, -0.1) is 23.1 Å². The van der Waals surface area contributed by atoms with Gasteiger partial charge in [-0.1, -0.05) is 6.07 Å². The number of carbonyl (C=O) groups is 2. The Hall–Kier alpha value is -1.99. The predicted molar refractivity (Wildman–Crippen MR) is 96.4 cm³/mol. The lowest BCUT2D eigenvalue weighted by atomic mass is 10.2. The molecular weight excluding hydrogens is 332 g/mol. The average Bonchev–Trinajstić information content (AvgIpc) is 3.00. The molecule has 2 amide bonds. The van der Waals surface area contributed by atoms with Gasteiger partial charge in [0, 0.05) is 23.2 Å². The van der Waals surface area contributed by atoms with Crippen molar-refractivity contribution in [1.29, 1.82) is 0 Å². The molecule has 0 aliphatic heterocycles. The van der Waals surface area contributed by atoms with Gasteiger partial charge >= 0.3 is 0 Å². The zero-order chi connectivity index (χ0) is 16.7. The van der Waals surface area contributed by atoms with E-state index in [1.165, 1.54) is 18.9 Å². The van der Waals surface area contributed by atoms with Crippen molar-refractivity contribution in [3.8, 4) is 5.75 Å². The lowest BCUT2D eigenvalue weighted by Crippen LogP contribution is -2.15. The number of hydrogen-bond donors (Lipinski definition) is 2. The lowest BCUT2D eigenvalue weighted by molar-refractivity contribution is -0.114. The summed E-state index contributed by atoms with van der Waals surface area (Å²) in [6.07, 6.45) is 0. The highest BCUT2D eigenvalue weighted by Gasteiger charge is 2.09. The van der Waals surface area contributed by atoms with E-state index < -0.39 is 0 Å². The summed E-state index contributed by atoms with van der Waals surface area (Å²) >= 11 is 3.23. The van der Waals surface area contributed by atoms with Crippen molar-refractivity contribution < 1.29 is 14.3 Å². The van der Waals surface area contributed by atoms with Crippen molar-refractivity contribution in [3.63, 3.8) is 0 Å². The maximum Gasteiger partial charge on any atom is 0.234 e. The number of anilines is 2. The minimum Gasteiger partial charge on any atom is -0.495 e. The molecule has 0 saturated heterocycles. The summed E-state index contributed by atoms with van der Waals surface area (Å²) in [7, 11) is 1.54. The number of hydrogen-bond acceptors (Lipinski definition) is 5. The highest BCUT2D eigenvalue weighted by molar-refractivity contribution is 7.99. The molecule has 1 heterocycles. The molecule has 0 atom stereocenters. The fourth-order valence-electron chi connectivity index (χ4n) is 1.91. The minimum absolute atomic E-state index is 0.107. The average molecular weight is 350 g/mol. The van der Waals surface area contributed by atoms with Gasteiger partial charge in [-0.2, -0.15) is 0 Å². The summed E-state index contributed by atoms with van der Waals surface area (Å²) in [5.74, 6) is 1.44. The Labute approximate surface area is 143 Å². The van der Waals surface area contributed by atoms with Crippen molar-refractivity contribution in [3.05, 3.63) is 40.6 Å². The molecule has 1 aromatic heterocycles. The van der Waals surface area contributed by atoms with E-state index in [0.717, 1.165) is 5.75 Å². The van der Waals surface area contributed by atoms with E-state index in [0.29, 0.717) is 22.9 Å². The molecule has 122 valence electrons. The van der Waals surface area contributed by atoms with Gasteiger partial charge in [-0.05, 0) is 29.6 Å². The van der Waals surface area contributed by atoms with E-state index in [4.69, 9.17) is 4.74 Å². The van der Waals surface area contributed by atoms with E-state index in [-0.39, 0.29) is 11.8 Å². The first-order valence-corrected chi connectivity index (χ1v) is 8.97. The van der Waals surface area contributed by atoms with E-state index in [2.05, 4.69) is 16.7 Å². The van der Waals surface area contributed by atoms with Crippen LogP contribution in [0.2, 0.25) is 0 Å². The molecule has 5 nitrogen and oxygen atoms in total. The predicted octanol–water partition coefficient (Wildman–Crippen LogP) is 3.59. The Kier molecular flexibility index (Phi) is 6.49. The van der Waals surface area contributed by atoms with Crippen LogP contribution in [0.1, 0.15) is 11.8 Å². The number of thioether (sulfide) groups is 1. The van der Waals surface area contributed by atoms with Crippen LogP contribution in [0, 0.1) is 0 Å². The zero-order valence-corrected chi connectivity index (χ0v) is 14.6. The quantitative estimate of drug-likeness (QED) is 0.801. The normalized spacial score (nSPS) is 10.2. The van der Waals surface area contributed by atoms with Crippen LogP contribution in [-0.2, 0) is 15.3 Å². The van der Waals surface area contributed by atoms with Crippen molar-refractivity contribution in [1.82, 2.24) is 0 Å². The molecule has 0 aliphatic carbocycles. The summed E-state index contributed by atoms with van der Waals surface area (Å²) in [4.78, 5) is 24.4. The van der Waals surface area contributed by atoms with Gasteiger partial charge in [0.25, 0.3) is 0 Å². The zero-order valence-electron chi connectivity index (χ0n) is 12.9. The summed E-state index contributed by atoms with van der Waals surface area (Å²) in [6, 6.07) is 9.16. The molecule has 0 radical (unpaired) electrons. The Morgan fingerprint density at radius 1 is 1.26 bits per heavy atom. The van der Waals surface area contributed by atoms with Crippen molar-refractivity contribution in [2.24, 2.45) is 0 Å². The third-order valence-electron chi connectivity index (χ3n) is 2.85. The molecular formula is C16H18N2O3S2. The molecule has 0 fully saturated rings. The third kappa shape index (κ3) is 5.61. The van der Waals surface area contributed by atoms with Crippen LogP contribution < -0.4 is 15.4 Å². The lowest BCUT2D eigenvalue weighted by Gasteiger charge is -2.12. The first kappa shape index (κ1) is 17.4. The maximum atomic E-state index is 12.1. The standard InChI is InChI=1S/C16H18N2O3S2/c1-11(19)17-12-5-6-15(21-2)14(8-12)18-16(20)10-22-9-13-4-3-7-23-13/h3-8H,9-10H2,1-2H3,(H,17,19)(H,18,20). The number of thiophene rings is 1. The Balaban J connectivity index is 1.93. The van der Waals surface area contributed by atoms with Crippen LogP contribution in [0.4, 0.5) is 11.4 Å². The van der Waals surface area contributed by atoms with Crippen LogP contribution in [0.15, 0.2) is 35.7 Å². The van der Waals surface area contributed by atoms with Gasteiger partial charge in [-0.3, -0.25) is 9.59 Å². The largest absolute Gasteiger partial charge is 0.495 e. The SMILES string of the molecule is COc1ccc(NC(C)=O)cc1NC(=O)CSCc1cccs1. The van der Waals surface area contributed by atoms with Gasteiger partial charge in [0.15, 0.2) is 0 Å². The van der Waals surface area contributed by atoms with Crippen LogP contribution in [0.3, 0.4) is 0 Å². The highest BCUT2D eigenvalue weighted by Crippen LogP contribution is 2.28. The van der Waals surface area contributed by atoms with Gasteiger partial charge in [0.2, 0.25) is 11.8 Å². The molecule has 0 spiro atoms.